The molecule has 16 nitrogen and oxygen atoms in total. The Morgan fingerprint density at radius 1 is 1.07 bits per heavy atom. The molecule has 4 rings (SSSR count). The van der Waals surface area contributed by atoms with Crippen molar-refractivity contribution in [2.45, 2.75) is 76.1 Å². The van der Waals surface area contributed by atoms with Gasteiger partial charge in [0.2, 0.25) is 0 Å². The first-order valence-corrected chi connectivity index (χ1v) is 20.5. The van der Waals surface area contributed by atoms with Crippen LogP contribution in [0.15, 0.2) is 27.9 Å². The molecule has 2 aliphatic carbocycles. The van der Waals surface area contributed by atoms with Crippen molar-refractivity contribution in [1.82, 2.24) is 9.55 Å². The molecule has 1 aromatic heterocycles. The van der Waals surface area contributed by atoms with Gasteiger partial charge in [-0.2, -0.15) is 8.62 Å². The molecular weight excluding hydrogens is 685 g/mol. The normalized spacial score (nSPS) is 29.6. The number of nitrogens with zero attached hydrogens (tertiary/aromatic N) is 1. The summed E-state index contributed by atoms with van der Waals surface area (Å²) in [5.74, 6) is 2.31. The zero-order chi connectivity index (χ0) is 32.5. The lowest BCUT2D eigenvalue weighted by molar-refractivity contribution is -0.0543. The van der Waals surface area contributed by atoms with Crippen molar-refractivity contribution < 1.29 is 55.9 Å². The van der Waals surface area contributed by atoms with Gasteiger partial charge in [0, 0.05) is 22.9 Å². The zero-order valence-corrected chi connectivity index (χ0v) is 28.4. The lowest BCUT2D eigenvalue weighted by atomic mass is 9.87. The van der Waals surface area contributed by atoms with Crippen LogP contribution in [0.2, 0.25) is 0 Å². The van der Waals surface area contributed by atoms with Gasteiger partial charge in [-0.05, 0) is 64.2 Å². The van der Waals surface area contributed by atoms with E-state index in [4.69, 9.17) is 23.8 Å². The lowest BCUT2D eigenvalue weighted by Crippen LogP contribution is -2.33. The fraction of sp³-hybridized carbons (Fsp3) is 0.739. The second-order valence-corrected chi connectivity index (χ2v) is 19.0. The molecule has 2 fully saturated rings. The highest BCUT2D eigenvalue weighted by atomic mass is 33.1. The Bertz CT molecular complexity index is 1480. The number of ether oxygens (including phenoxy) is 2. The zero-order valence-electron chi connectivity index (χ0n) is 24.1. The van der Waals surface area contributed by atoms with Crippen molar-refractivity contribution in [2.24, 2.45) is 17.8 Å². The minimum atomic E-state index is -5.70. The summed E-state index contributed by atoms with van der Waals surface area (Å²) in [7, 11) is -13.5. The van der Waals surface area contributed by atoms with Crippen LogP contribution in [0.1, 0.15) is 57.7 Å². The molecule has 250 valence electrons. The summed E-state index contributed by atoms with van der Waals surface area (Å²) in [4.78, 5) is 63.2. The fourth-order valence-corrected chi connectivity index (χ4v) is 10.9. The van der Waals surface area contributed by atoms with Gasteiger partial charge in [0.15, 0.2) is 0 Å². The topological polar surface area (TPSA) is 233 Å². The van der Waals surface area contributed by atoms with Crippen LogP contribution in [0, 0.1) is 24.7 Å². The van der Waals surface area contributed by atoms with Crippen molar-refractivity contribution in [1.29, 1.82) is 0 Å². The number of aromatic nitrogens is 2. The highest BCUT2D eigenvalue weighted by Crippen LogP contribution is 2.66. The molecule has 0 amide bonds. The van der Waals surface area contributed by atoms with E-state index in [2.05, 4.69) is 39.6 Å². The van der Waals surface area contributed by atoms with E-state index >= 15 is 0 Å². The molecule has 1 saturated heterocycles. The minimum Gasteiger partial charge on any atom is -0.364 e. The van der Waals surface area contributed by atoms with E-state index in [0.29, 0.717) is 11.8 Å². The number of H-pyrrole nitrogens is 1. The first-order chi connectivity index (χ1) is 20.3. The molecule has 21 heteroatoms. The van der Waals surface area contributed by atoms with Crippen LogP contribution in [-0.4, -0.2) is 58.6 Å². The van der Waals surface area contributed by atoms with E-state index in [-0.39, 0.29) is 22.7 Å². The maximum Gasteiger partial charge on any atom is 0.490 e. The second kappa shape index (κ2) is 14.3. The Kier molecular flexibility index (Phi) is 11.8. The number of fused-ring (bicyclic) bond motifs is 2. The van der Waals surface area contributed by atoms with Gasteiger partial charge >= 0.3 is 29.2 Å². The molecule has 0 spiro atoms. The third-order valence-electron chi connectivity index (χ3n) is 7.60. The van der Waals surface area contributed by atoms with Crippen molar-refractivity contribution >= 4 is 45.1 Å². The Hall–Kier alpha value is -0.550. The Morgan fingerprint density at radius 3 is 2.43 bits per heavy atom. The number of nitrogens with one attached hydrogen (secondary N) is 1. The number of hydrogen-bond acceptors (Lipinski definition) is 12. The third-order valence-corrected chi connectivity index (χ3v) is 14.4. The molecule has 3 aliphatic rings. The van der Waals surface area contributed by atoms with E-state index < -0.39 is 59.8 Å². The molecule has 0 radical (unpaired) electrons. The van der Waals surface area contributed by atoms with Crippen LogP contribution in [-0.2, 0) is 36.3 Å². The van der Waals surface area contributed by atoms with Gasteiger partial charge in [0.1, 0.15) is 18.3 Å². The molecule has 2 heterocycles. The van der Waals surface area contributed by atoms with E-state index in [1.165, 1.54) is 36.8 Å². The first kappa shape index (κ1) is 36.3. The molecule has 6 unspecified atom stereocenters. The number of rotatable bonds is 16. The highest BCUT2D eigenvalue weighted by Gasteiger charge is 2.44. The van der Waals surface area contributed by atoms with Gasteiger partial charge in [0.05, 0.1) is 12.7 Å². The number of aromatic amines is 1. The predicted octanol–water partition coefficient (Wildman–Crippen LogP) is 3.97. The SMILES string of the molecule is Cc1cn([C@H]2CC(OCSSC(C)(C)CCC3CC4C=CC3C4)[C@@H](COP(=O)(O)OP(=O)(O)OP(=O)(O)O)O2)c(=O)[nH]c1=O. The molecule has 1 saturated carbocycles. The lowest BCUT2D eigenvalue weighted by Gasteiger charge is -2.27. The van der Waals surface area contributed by atoms with Crippen molar-refractivity contribution in [3.05, 3.63) is 44.8 Å². The first-order valence-electron chi connectivity index (χ1n) is 13.7. The van der Waals surface area contributed by atoms with Crippen LogP contribution in [0.3, 0.4) is 0 Å². The fourth-order valence-electron chi connectivity index (χ4n) is 5.57. The van der Waals surface area contributed by atoms with Gasteiger partial charge in [0.25, 0.3) is 5.56 Å². The Morgan fingerprint density at radius 2 is 1.80 bits per heavy atom. The van der Waals surface area contributed by atoms with E-state index in [1.807, 2.05) is 0 Å². The maximum atomic E-state index is 12.5. The van der Waals surface area contributed by atoms with Crippen molar-refractivity contribution in [3.63, 3.8) is 0 Å². The smallest absolute Gasteiger partial charge is 0.364 e. The monoisotopic (exact) mass is 722 g/mol. The van der Waals surface area contributed by atoms with Gasteiger partial charge < -0.3 is 29.0 Å². The van der Waals surface area contributed by atoms with Crippen molar-refractivity contribution in [2.75, 3.05) is 12.5 Å². The summed E-state index contributed by atoms with van der Waals surface area (Å²) >= 11 is 0. The molecule has 8 atom stereocenters. The maximum absolute atomic E-state index is 12.5. The molecule has 44 heavy (non-hydrogen) atoms. The van der Waals surface area contributed by atoms with Gasteiger partial charge in [-0.3, -0.25) is 18.9 Å². The van der Waals surface area contributed by atoms with E-state index in [1.54, 1.807) is 10.8 Å². The number of phosphoric acid groups is 3. The second-order valence-electron chi connectivity index (χ2n) is 11.6. The van der Waals surface area contributed by atoms with Gasteiger partial charge in [-0.25, -0.2) is 18.5 Å². The highest BCUT2D eigenvalue weighted by molar-refractivity contribution is 8.77. The van der Waals surface area contributed by atoms with E-state index in [9.17, 15) is 33.1 Å². The molecular formula is C23H37N2O14P3S2. The summed E-state index contributed by atoms with van der Waals surface area (Å²) in [5.41, 5.74) is -1.09. The number of aryl methyl sites for hydroxylation is 1. The summed E-state index contributed by atoms with van der Waals surface area (Å²) < 4.78 is 60.1. The average molecular weight is 723 g/mol. The summed E-state index contributed by atoms with van der Waals surface area (Å²) in [6.07, 6.45) is 7.85. The molecule has 5 N–H and O–H groups in total. The van der Waals surface area contributed by atoms with Crippen molar-refractivity contribution in [3.8, 4) is 0 Å². The standard InChI is InChI=1S/C23H37N2O14P3S2/c1-14-11-25(22(27)24-21(14)26)20-10-18(19(37-20)12-36-41(31,32)39-42(33,34)38-40(28,29)30)35-13-43-44-23(2,3)7-6-17-9-15-4-5-16(17)8-15/h4-5,11,15-20H,6-10,12-13H2,1-3H3,(H,31,32)(H,33,34)(H,24,26,27)(H2,28,29,30)/t15?,16?,17?,18?,19-,20-/m1/s1. The molecule has 2 bridgehead atoms. The van der Waals surface area contributed by atoms with Gasteiger partial charge in [-0.15, -0.1) is 0 Å². The molecule has 1 aliphatic heterocycles. The molecule has 0 aromatic carbocycles. The summed E-state index contributed by atoms with van der Waals surface area (Å²) in [5, 5.41) is 0. The van der Waals surface area contributed by atoms with Gasteiger partial charge in [-0.1, -0.05) is 33.7 Å². The summed E-state index contributed by atoms with van der Waals surface area (Å²) in [6.45, 7) is 5.08. The largest absolute Gasteiger partial charge is 0.490 e. The average Bonchev–Trinajstić information content (AvgIpc) is 3.60. The van der Waals surface area contributed by atoms with Crippen LogP contribution in [0.4, 0.5) is 0 Å². The quantitative estimate of drug-likeness (QED) is 0.0534. The Labute approximate surface area is 261 Å². The van der Waals surface area contributed by atoms with E-state index in [0.717, 1.165) is 23.3 Å². The minimum absolute atomic E-state index is 0.0359. The summed E-state index contributed by atoms with van der Waals surface area (Å²) in [6, 6.07) is 0. The van der Waals surface area contributed by atoms with Crippen LogP contribution in [0.5, 0.6) is 0 Å². The molecule has 1 aromatic rings. The predicted molar refractivity (Wildman–Crippen MR) is 161 cm³/mol. The van der Waals surface area contributed by atoms with Crippen LogP contribution >= 0.6 is 45.1 Å². The Balaban J connectivity index is 1.35. The number of allylic oxidation sites excluding steroid dienone is 2. The van der Waals surface area contributed by atoms with Crippen LogP contribution < -0.4 is 11.2 Å². The van der Waals surface area contributed by atoms with Crippen LogP contribution in [0.25, 0.3) is 0 Å². The number of hydrogen-bond donors (Lipinski definition) is 5. The third kappa shape index (κ3) is 10.5. The number of phosphoric ester groups is 1.